The zero-order valence-electron chi connectivity index (χ0n) is 17.5. The number of esters is 1. The Labute approximate surface area is 166 Å². The van der Waals surface area contributed by atoms with Gasteiger partial charge < -0.3 is 21.1 Å². The van der Waals surface area contributed by atoms with Crippen molar-refractivity contribution in [2.75, 3.05) is 7.11 Å². The molecule has 0 aliphatic heterocycles. The summed E-state index contributed by atoms with van der Waals surface area (Å²) in [4.78, 5) is 48.8. The second kappa shape index (κ2) is 10.2. The third kappa shape index (κ3) is 6.98. The molecular formula is C20H33N3O5. The maximum Gasteiger partial charge on any atom is 0.328 e. The number of allylic oxidation sites excluding steroid dienone is 1. The van der Waals surface area contributed by atoms with E-state index < -0.39 is 35.3 Å². The first-order chi connectivity index (χ1) is 13.0. The molecule has 0 aromatic carbocycles. The average molecular weight is 396 g/mol. The molecule has 1 aliphatic carbocycles. The zero-order chi connectivity index (χ0) is 21.5. The van der Waals surface area contributed by atoms with E-state index >= 15 is 0 Å². The maximum atomic E-state index is 13.0. The Balaban J connectivity index is 3.06. The fourth-order valence-electron chi connectivity index (χ4n) is 3.35. The number of ketones is 1. The van der Waals surface area contributed by atoms with Gasteiger partial charge in [0.15, 0.2) is 5.78 Å². The highest BCUT2D eigenvalue weighted by Crippen LogP contribution is 2.27. The van der Waals surface area contributed by atoms with Crippen molar-refractivity contribution in [1.29, 1.82) is 0 Å². The van der Waals surface area contributed by atoms with Crippen molar-refractivity contribution in [3.8, 4) is 0 Å². The molecule has 0 saturated heterocycles. The Morgan fingerprint density at radius 3 is 2.11 bits per heavy atom. The van der Waals surface area contributed by atoms with Crippen molar-refractivity contribution in [3.05, 3.63) is 11.8 Å². The topological polar surface area (TPSA) is 128 Å². The van der Waals surface area contributed by atoms with Crippen LogP contribution in [0.3, 0.4) is 0 Å². The fraction of sp³-hybridized carbons (Fsp3) is 0.700. The van der Waals surface area contributed by atoms with Crippen LogP contribution in [-0.2, 0) is 23.9 Å². The monoisotopic (exact) mass is 395 g/mol. The first kappa shape index (κ1) is 23.7. The lowest BCUT2D eigenvalue weighted by Crippen LogP contribution is -2.58. The lowest BCUT2D eigenvalue weighted by Gasteiger charge is -2.34. The summed E-state index contributed by atoms with van der Waals surface area (Å²) in [6.45, 7) is 6.74. The van der Waals surface area contributed by atoms with Gasteiger partial charge in [-0.25, -0.2) is 4.79 Å². The van der Waals surface area contributed by atoms with Gasteiger partial charge in [0.05, 0.1) is 7.11 Å². The summed E-state index contributed by atoms with van der Waals surface area (Å²) < 4.78 is 4.82. The summed E-state index contributed by atoms with van der Waals surface area (Å²) in [6, 6.07) is -1.71. The van der Waals surface area contributed by atoms with Gasteiger partial charge in [0.2, 0.25) is 5.91 Å². The smallest absolute Gasteiger partial charge is 0.328 e. The largest absolute Gasteiger partial charge is 0.467 e. The first-order valence-electron chi connectivity index (χ1n) is 9.64. The van der Waals surface area contributed by atoms with E-state index in [0.29, 0.717) is 0 Å². The van der Waals surface area contributed by atoms with Crippen molar-refractivity contribution in [3.63, 3.8) is 0 Å². The Kier molecular flexibility index (Phi) is 8.65. The summed E-state index contributed by atoms with van der Waals surface area (Å²) in [7, 11) is 1.26. The van der Waals surface area contributed by atoms with Gasteiger partial charge in [-0.2, -0.15) is 0 Å². The maximum absolute atomic E-state index is 13.0. The number of hydrogen-bond acceptors (Lipinski definition) is 6. The van der Waals surface area contributed by atoms with E-state index in [9.17, 15) is 19.2 Å². The van der Waals surface area contributed by atoms with Crippen molar-refractivity contribution >= 4 is 23.6 Å². The molecule has 0 radical (unpaired) electrons. The van der Waals surface area contributed by atoms with E-state index in [-0.39, 0.29) is 17.4 Å². The molecule has 2 atom stereocenters. The molecule has 1 saturated carbocycles. The minimum Gasteiger partial charge on any atom is -0.467 e. The van der Waals surface area contributed by atoms with Crippen LogP contribution in [0, 0.1) is 11.3 Å². The first-order valence-corrected chi connectivity index (χ1v) is 9.64. The predicted molar refractivity (Wildman–Crippen MR) is 105 cm³/mol. The Morgan fingerprint density at radius 2 is 1.64 bits per heavy atom. The highest BCUT2D eigenvalue weighted by atomic mass is 16.5. The fourth-order valence-corrected chi connectivity index (χ4v) is 3.35. The predicted octanol–water partition coefficient (Wildman–Crippen LogP) is 1.19. The number of nitrogens with one attached hydrogen (secondary N) is 2. The van der Waals surface area contributed by atoms with Crippen LogP contribution in [0.25, 0.3) is 0 Å². The molecule has 0 heterocycles. The summed E-state index contributed by atoms with van der Waals surface area (Å²) in [5.74, 6) is -2.11. The Bertz CT molecular complexity index is 630. The number of methoxy groups -OCH3 is 1. The van der Waals surface area contributed by atoms with Crippen LogP contribution in [0.4, 0.5) is 0 Å². The molecule has 1 rings (SSSR count). The van der Waals surface area contributed by atoms with E-state index in [0.717, 1.165) is 38.2 Å². The van der Waals surface area contributed by atoms with Gasteiger partial charge in [0, 0.05) is 6.08 Å². The third-order valence-electron chi connectivity index (χ3n) is 4.90. The van der Waals surface area contributed by atoms with Gasteiger partial charge in [0.25, 0.3) is 5.91 Å². The summed E-state index contributed by atoms with van der Waals surface area (Å²) >= 11 is 0. The van der Waals surface area contributed by atoms with Crippen LogP contribution in [0.5, 0.6) is 0 Å². The highest BCUT2D eigenvalue weighted by molar-refractivity contribution is 6.02. The molecule has 2 amide bonds. The minimum absolute atomic E-state index is 0.0684. The molecule has 1 unspecified atom stereocenters. The standard InChI is InChI=1S/C20H33N3O5/c1-12(24)11-14(21)17(25)22-15(13-9-7-6-8-10-13)18(26)23-16(19(27)28-5)20(2,3)4/h11,13,15-16H,6-10,21H2,1-5H3,(H,22,25)(H,23,26)/t15?,16-/m1/s1. The lowest BCUT2D eigenvalue weighted by atomic mass is 9.82. The summed E-state index contributed by atoms with van der Waals surface area (Å²) in [5, 5.41) is 5.39. The number of carbonyl (C=O) groups is 4. The van der Waals surface area contributed by atoms with E-state index in [1.807, 2.05) is 20.8 Å². The summed E-state index contributed by atoms with van der Waals surface area (Å²) in [5.41, 5.74) is 4.84. The van der Waals surface area contributed by atoms with Gasteiger partial charge in [-0.1, -0.05) is 40.0 Å². The van der Waals surface area contributed by atoms with Crippen molar-refractivity contribution < 1.29 is 23.9 Å². The highest BCUT2D eigenvalue weighted by Gasteiger charge is 2.38. The molecule has 0 aromatic heterocycles. The second-order valence-electron chi connectivity index (χ2n) is 8.39. The van der Waals surface area contributed by atoms with Gasteiger partial charge in [0.1, 0.15) is 17.8 Å². The number of ether oxygens (including phenoxy) is 1. The SMILES string of the molecule is COC(=O)[C@@H](NC(=O)C(NC(=O)C(N)=CC(C)=O)C1CCCCC1)C(C)(C)C. The third-order valence-corrected chi connectivity index (χ3v) is 4.90. The Morgan fingerprint density at radius 1 is 1.07 bits per heavy atom. The van der Waals surface area contributed by atoms with E-state index in [2.05, 4.69) is 10.6 Å². The van der Waals surface area contributed by atoms with Crippen molar-refractivity contribution in [2.24, 2.45) is 17.1 Å². The molecule has 28 heavy (non-hydrogen) atoms. The van der Waals surface area contributed by atoms with Gasteiger partial charge in [-0.05, 0) is 31.1 Å². The molecule has 158 valence electrons. The quantitative estimate of drug-likeness (QED) is 0.439. The molecule has 4 N–H and O–H groups in total. The van der Waals surface area contributed by atoms with Crippen LogP contribution in [0.1, 0.15) is 59.8 Å². The van der Waals surface area contributed by atoms with Crippen LogP contribution >= 0.6 is 0 Å². The van der Waals surface area contributed by atoms with E-state index in [1.54, 1.807) is 0 Å². The van der Waals surface area contributed by atoms with Crippen LogP contribution in [0.2, 0.25) is 0 Å². The van der Waals surface area contributed by atoms with Gasteiger partial charge >= 0.3 is 5.97 Å². The molecule has 0 aromatic rings. The molecule has 0 spiro atoms. The number of amides is 2. The molecular weight excluding hydrogens is 362 g/mol. The van der Waals surface area contributed by atoms with Gasteiger partial charge in [-0.3, -0.25) is 14.4 Å². The number of hydrogen-bond donors (Lipinski definition) is 3. The number of nitrogens with two attached hydrogens (primary N) is 1. The molecule has 1 fully saturated rings. The van der Waals surface area contributed by atoms with Crippen molar-refractivity contribution in [2.45, 2.75) is 71.9 Å². The number of rotatable bonds is 7. The van der Waals surface area contributed by atoms with E-state index in [1.165, 1.54) is 14.0 Å². The zero-order valence-corrected chi connectivity index (χ0v) is 17.5. The van der Waals surface area contributed by atoms with Gasteiger partial charge in [-0.15, -0.1) is 0 Å². The molecule has 8 heteroatoms. The van der Waals surface area contributed by atoms with E-state index in [4.69, 9.17) is 10.5 Å². The molecule has 0 bridgehead atoms. The van der Waals surface area contributed by atoms with Crippen molar-refractivity contribution in [1.82, 2.24) is 10.6 Å². The normalized spacial score (nSPS) is 18.0. The van der Waals surface area contributed by atoms with Crippen LogP contribution < -0.4 is 16.4 Å². The molecule has 1 aliphatic rings. The molecule has 8 nitrogen and oxygen atoms in total. The van der Waals surface area contributed by atoms with Crippen LogP contribution in [-0.4, -0.2) is 42.8 Å². The Hall–Kier alpha value is -2.38. The summed E-state index contributed by atoms with van der Waals surface area (Å²) in [6.07, 6.45) is 5.60. The number of carbonyl (C=O) groups excluding carboxylic acids is 4. The minimum atomic E-state index is -0.863. The van der Waals surface area contributed by atoms with Crippen LogP contribution in [0.15, 0.2) is 11.8 Å². The lowest BCUT2D eigenvalue weighted by molar-refractivity contribution is -0.148. The second-order valence-corrected chi connectivity index (χ2v) is 8.39. The average Bonchev–Trinajstić information content (AvgIpc) is 2.62.